The standard InChI is InChI=1S/C28H30N2O4S/c1-33-24-9-5-6-10-25(24)34-19-23-22-14-16-35-26(22)13-15-29(23)28(32)18-30(21-11-12-21)27(31)17-20-7-3-2-4-8-20/h2-10,14,16,21,23H,11-13,15,17-19H2,1H3/t23-/m1/s1. The van der Waals surface area contributed by atoms with Crippen LogP contribution in [0, 0.1) is 0 Å². The molecule has 1 aliphatic heterocycles. The predicted octanol–water partition coefficient (Wildman–Crippen LogP) is 4.50. The van der Waals surface area contributed by atoms with Crippen molar-refractivity contribution in [3.8, 4) is 11.5 Å². The van der Waals surface area contributed by atoms with Gasteiger partial charge in [-0.3, -0.25) is 9.59 Å². The second kappa shape index (κ2) is 10.5. The Morgan fingerprint density at radius 2 is 1.77 bits per heavy atom. The van der Waals surface area contributed by atoms with Crippen LogP contribution in [-0.2, 0) is 22.4 Å². The smallest absolute Gasteiger partial charge is 0.242 e. The van der Waals surface area contributed by atoms with Gasteiger partial charge in [0.1, 0.15) is 13.2 Å². The zero-order chi connectivity index (χ0) is 24.2. The van der Waals surface area contributed by atoms with E-state index in [0.29, 0.717) is 31.1 Å². The summed E-state index contributed by atoms with van der Waals surface area (Å²) in [6.07, 6.45) is 3.07. The molecule has 1 fully saturated rings. The first-order valence-corrected chi connectivity index (χ1v) is 13.0. The molecule has 2 heterocycles. The summed E-state index contributed by atoms with van der Waals surface area (Å²) in [6, 6.07) is 19.3. The lowest BCUT2D eigenvalue weighted by Crippen LogP contribution is -2.48. The van der Waals surface area contributed by atoms with Gasteiger partial charge in [0.2, 0.25) is 11.8 Å². The van der Waals surface area contributed by atoms with Gasteiger partial charge in [-0.1, -0.05) is 42.5 Å². The summed E-state index contributed by atoms with van der Waals surface area (Å²) >= 11 is 1.72. The number of thiophene rings is 1. The van der Waals surface area contributed by atoms with Crippen LogP contribution >= 0.6 is 11.3 Å². The third-order valence-electron chi connectivity index (χ3n) is 6.69. The molecular formula is C28H30N2O4S. The van der Waals surface area contributed by atoms with Gasteiger partial charge in [0.05, 0.1) is 19.6 Å². The molecule has 6 nitrogen and oxygen atoms in total. The number of ether oxygens (including phenoxy) is 2. The number of para-hydroxylation sites is 2. The molecule has 182 valence electrons. The highest BCUT2D eigenvalue weighted by atomic mass is 32.1. The summed E-state index contributed by atoms with van der Waals surface area (Å²) < 4.78 is 11.6. The number of hydrogen-bond acceptors (Lipinski definition) is 5. The summed E-state index contributed by atoms with van der Waals surface area (Å²) in [5.74, 6) is 1.31. The van der Waals surface area contributed by atoms with Gasteiger partial charge in [0, 0.05) is 17.5 Å². The van der Waals surface area contributed by atoms with E-state index in [2.05, 4.69) is 11.4 Å². The molecule has 0 bridgehead atoms. The molecule has 5 rings (SSSR count). The van der Waals surface area contributed by atoms with Crippen LogP contribution in [0.1, 0.15) is 34.9 Å². The third kappa shape index (κ3) is 5.35. The van der Waals surface area contributed by atoms with E-state index >= 15 is 0 Å². The molecule has 0 radical (unpaired) electrons. The van der Waals surface area contributed by atoms with Crippen molar-refractivity contribution < 1.29 is 19.1 Å². The number of carbonyl (C=O) groups is 2. The topological polar surface area (TPSA) is 59.1 Å². The SMILES string of the molecule is COc1ccccc1OC[C@@H]1c2ccsc2CCN1C(=O)CN(C(=O)Cc1ccccc1)C1CC1. The molecule has 7 heteroatoms. The van der Waals surface area contributed by atoms with Crippen LogP contribution in [0.25, 0.3) is 0 Å². The Bertz CT molecular complexity index is 1170. The van der Waals surface area contributed by atoms with Crippen LogP contribution in [0.5, 0.6) is 11.5 Å². The molecular weight excluding hydrogens is 460 g/mol. The number of methoxy groups -OCH3 is 1. The highest BCUT2D eigenvalue weighted by Crippen LogP contribution is 2.36. The van der Waals surface area contributed by atoms with Crippen LogP contribution in [-0.4, -0.2) is 54.5 Å². The normalized spacial score (nSPS) is 16.9. The summed E-state index contributed by atoms with van der Waals surface area (Å²) in [6.45, 7) is 1.07. The molecule has 0 saturated heterocycles. The number of carbonyl (C=O) groups excluding carboxylic acids is 2. The largest absolute Gasteiger partial charge is 0.493 e. The predicted molar refractivity (Wildman–Crippen MR) is 136 cm³/mol. The van der Waals surface area contributed by atoms with Crippen molar-refractivity contribution in [1.82, 2.24) is 9.80 Å². The number of rotatable bonds is 9. The maximum absolute atomic E-state index is 13.6. The lowest BCUT2D eigenvalue weighted by Gasteiger charge is -2.37. The maximum Gasteiger partial charge on any atom is 0.242 e. The Morgan fingerprint density at radius 3 is 2.51 bits per heavy atom. The second-order valence-electron chi connectivity index (χ2n) is 9.03. The zero-order valence-corrected chi connectivity index (χ0v) is 20.7. The molecule has 0 unspecified atom stereocenters. The Labute approximate surface area is 210 Å². The second-order valence-corrected chi connectivity index (χ2v) is 10.0. The minimum Gasteiger partial charge on any atom is -0.493 e. The lowest BCUT2D eigenvalue weighted by atomic mass is 10.0. The minimum absolute atomic E-state index is 0.0158. The lowest BCUT2D eigenvalue weighted by molar-refractivity contribution is -0.143. The minimum atomic E-state index is -0.201. The highest BCUT2D eigenvalue weighted by molar-refractivity contribution is 7.10. The van der Waals surface area contributed by atoms with Crippen molar-refractivity contribution in [1.29, 1.82) is 0 Å². The Morgan fingerprint density at radius 1 is 1.03 bits per heavy atom. The molecule has 35 heavy (non-hydrogen) atoms. The summed E-state index contributed by atoms with van der Waals surface area (Å²) in [5, 5.41) is 2.08. The first-order chi connectivity index (χ1) is 17.1. The number of benzene rings is 2. The third-order valence-corrected chi connectivity index (χ3v) is 7.69. The van der Waals surface area contributed by atoms with E-state index in [4.69, 9.17) is 9.47 Å². The first-order valence-electron chi connectivity index (χ1n) is 12.1. The quantitative estimate of drug-likeness (QED) is 0.443. The molecule has 0 N–H and O–H groups in total. The van der Waals surface area contributed by atoms with E-state index < -0.39 is 0 Å². The fraction of sp³-hybridized carbons (Fsp3) is 0.357. The van der Waals surface area contributed by atoms with Crippen molar-refractivity contribution in [2.45, 2.75) is 37.8 Å². The number of amides is 2. The molecule has 2 aliphatic rings. The van der Waals surface area contributed by atoms with E-state index in [1.54, 1.807) is 23.3 Å². The van der Waals surface area contributed by atoms with E-state index in [0.717, 1.165) is 30.4 Å². The molecule has 1 saturated carbocycles. The Kier molecular flexibility index (Phi) is 7.04. The van der Waals surface area contributed by atoms with Gasteiger partial charge in [-0.2, -0.15) is 0 Å². The molecule has 1 aromatic heterocycles. The van der Waals surface area contributed by atoms with Gasteiger partial charge in [-0.25, -0.2) is 0 Å². The van der Waals surface area contributed by atoms with Crippen molar-refractivity contribution in [2.75, 3.05) is 26.8 Å². The van der Waals surface area contributed by atoms with Gasteiger partial charge in [0.25, 0.3) is 0 Å². The number of nitrogens with zero attached hydrogens (tertiary/aromatic N) is 2. The summed E-state index contributed by atoms with van der Waals surface area (Å²) in [5.41, 5.74) is 2.11. The van der Waals surface area contributed by atoms with Gasteiger partial charge in [-0.15, -0.1) is 11.3 Å². The van der Waals surface area contributed by atoms with Gasteiger partial charge >= 0.3 is 0 Å². The number of hydrogen-bond donors (Lipinski definition) is 0. The van der Waals surface area contributed by atoms with E-state index in [1.165, 1.54) is 4.88 Å². The van der Waals surface area contributed by atoms with E-state index in [1.807, 2.05) is 59.5 Å². The monoisotopic (exact) mass is 490 g/mol. The van der Waals surface area contributed by atoms with Crippen LogP contribution < -0.4 is 9.47 Å². The Hall–Kier alpha value is -3.32. The summed E-state index contributed by atoms with van der Waals surface area (Å²) in [4.78, 5) is 31.8. The average molecular weight is 491 g/mol. The van der Waals surface area contributed by atoms with Gasteiger partial charge in [-0.05, 0) is 54.0 Å². The summed E-state index contributed by atoms with van der Waals surface area (Å²) in [7, 11) is 1.62. The molecule has 0 spiro atoms. The maximum atomic E-state index is 13.6. The Balaban J connectivity index is 1.31. The fourth-order valence-electron chi connectivity index (χ4n) is 4.70. The zero-order valence-electron chi connectivity index (χ0n) is 19.9. The molecule has 1 aliphatic carbocycles. The van der Waals surface area contributed by atoms with Gasteiger partial charge < -0.3 is 19.3 Å². The molecule has 3 aromatic rings. The molecule has 2 aromatic carbocycles. The van der Waals surface area contributed by atoms with Crippen molar-refractivity contribution in [2.24, 2.45) is 0 Å². The van der Waals surface area contributed by atoms with Gasteiger partial charge in [0.15, 0.2) is 11.5 Å². The van der Waals surface area contributed by atoms with Crippen molar-refractivity contribution >= 4 is 23.2 Å². The van der Waals surface area contributed by atoms with E-state index in [9.17, 15) is 9.59 Å². The molecule has 2 amide bonds. The van der Waals surface area contributed by atoms with E-state index in [-0.39, 0.29) is 30.4 Å². The van der Waals surface area contributed by atoms with Crippen LogP contribution in [0.15, 0.2) is 66.0 Å². The van der Waals surface area contributed by atoms with Crippen LogP contribution in [0.4, 0.5) is 0 Å². The first kappa shape index (κ1) is 23.4. The van der Waals surface area contributed by atoms with Crippen molar-refractivity contribution in [3.63, 3.8) is 0 Å². The highest BCUT2D eigenvalue weighted by Gasteiger charge is 2.38. The fourth-order valence-corrected chi connectivity index (χ4v) is 5.63. The average Bonchev–Trinajstić information content (AvgIpc) is 3.61. The molecule has 1 atom stereocenters. The number of fused-ring (bicyclic) bond motifs is 1. The van der Waals surface area contributed by atoms with Crippen LogP contribution in [0.3, 0.4) is 0 Å². The van der Waals surface area contributed by atoms with Crippen LogP contribution in [0.2, 0.25) is 0 Å². The van der Waals surface area contributed by atoms with Crippen molar-refractivity contribution in [3.05, 3.63) is 82.0 Å².